The summed E-state index contributed by atoms with van der Waals surface area (Å²) in [4.78, 5) is 31.0. The number of benzene rings is 1. The van der Waals surface area contributed by atoms with Crippen LogP contribution >= 0.6 is 12.0 Å². The van der Waals surface area contributed by atoms with E-state index in [9.17, 15) is 9.59 Å². The van der Waals surface area contributed by atoms with Crippen molar-refractivity contribution in [1.29, 1.82) is 0 Å². The molecule has 0 radical (unpaired) electrons. The van der Waals surface area contributed by atoms with E-state index in [2.05, 4.69) is 9.87 Å². The van der Waals surface area contributed by atoms with Crippen molar-refractivity contribution in [1.82, 2.24) is 9.55 Å². The number of H-pyrrole nitrogens is 1. The number of nitrogens with one attached hydrogen (secondary N) is 1. The lowest BCUT2D eigenvalue weighted by Crippen LogP contribution is -2.32. The van der Waals surface area contributed by atoms with Gasteiger partial charge in [0.15, 0.2) is 0 Å². The van der Waals surface area contributed by atoms with Crippen LogP contribution in [0, 0.1) is 0 Å². The van der Waals surface area contributed by atoms with Gasteiger partial charge >= 0.3 is 5.69 Å². The third-order valence-corrected chi connectivity index (χ3v) is 2.92. The summed E-state index contributed by atoms with van der Waals surface area (Å²) in [5.41, 5.74) is -0.278. The van der Waals surface area contributed by atoms with Gasteiger partial charge in [-0.25, -0.2) is 9.68 Å². The Kier molecular flexibility index (Phi) is 3.32. The van der Waals surface area contributed by atoms with Crippen molar-refractivity contribution in [3.63, 3.8) is 0 Å². The molecule has 1 aromatic carbocycles. The molecule has 0 aliphatic rings. The molecular formula is C10H10N2O4S. The minimum atomic E-state index is -0.434. The van der Waals surface area contributed by atoms with Crippen molar-refractivity contribution >= 4 is 22.9 Å². The summed E-state index contributed by atoms with van der Waals surface area (Å²) in [5.74, 6) is 0. The lowest BCUT2D eigenvalue weighted by Gasteiger charge is -2.03. The number of rotatable bonds is 3. The largest absolute Gasteiger partial charge is 0.328 e. The summed E-state index contributed by atoms with van der Waals surface area (Å²) in [6, 6.07) is 5.01. The number of fused-ring (bicyclic) bond motifs is 1. The van der Waals surface area contributed by atoms with E-state index in [0.29, 0.717) is 15.8 Å². The van der Waals surface area contributed by atoms with Crippen LogP contribution in [0.25, 0.3) is 10.9 Å². The molecule has 1 aromatic heterocycles. The van der Waals surface area contributed by atoms with Crippen LogP contribution in [0.1, 0.15) is 0 Å². The molecule has 0 saturated heterocycles. The maximum atomic E-state index is 11.8. The average Bonchev–Trinajstić information content (AvgIpc) is 2.34. The van der Waals surface area contributed by atoms with Gasteiger partial charge in [-0.1, -0.05) is 0 Å². The van der Waals surface area contributed by atoms with E-state index >= 15 is 0 Å². The minimum absolute atomic E-state index is 0.344. The van der Waals surface area contributed by atoms with Crippen LogP contribution < -0.4 is 11.2 Å². The van der Waals surface area contributed by atoms with Gasteiger partial charge in [-0.05, 0) is 18.2 Å². The normalized spacial score (nSPS) is 10.9. The molecule has 6 nitrogen and oxygen atoms in total. The van der Waals surface area contributed by atoms with Crippen LogP contribution in [0.2, 0.25) is 0 Å². The monoisotopic (exact) mass is 254 g/mol. The molecule has 2 rings (SSSR count). The molecule has 0 atom stereocenters. The lowest BCUT2D eigenvalue weighted by atomic mass is 10.2. The number of nitrogens with zero attached hydrogens (tertiary/aromatic N) is 1. The average molecular weight is 254 g/mol. The first-order valence-corrected chi connectivity index (χ1v) is 5.48. The Morgan fingerprint density at radius 2 is 2.12 bits per heavy atom. The first-order chi connectivity index (χ1) is 8.13. The van der Waals surface area contributed by atoms with Gasteiger partial charge in [0, 0.05) is 11.9 Å². The van der Waals surface area contributed by atoms with E-state index in [1.807, 2.05) is 0 Å². The first kappa shape index (κ1) is 11.9. The summed E-state index contributed by atoms with van der Waals surface area (Å²) in [6.45, 7) is 0. The molecule has 0 spiro atoms. The van der Waals surface area contributed by atoms with E-state index in [0.717, 1.165) is 16.6 Å². The highest BCUT2D eigenvalue weighted by molar-refractivity contribution is 7.94. The SMILES string of the molecule is COOSc1ccc2[nH]c(=O)n(C)c(=O)c2c1. The van der Waals surface area contributed by atoms with Crippen LogP contribution in [0.3, 0.4) is 0 Å². The van der Waals surface area contributed by atoms with Crippen molar-refractivity contribution in [2.24, 2.45) is 7.05 Å². The molecule has 0 saturated carbocycles. The minimum Gasteiger partial charge on any atom is -0.307 e. The standard InChI is InChI=1S/C10H10N2O4S/c1-12-9(13)7-5-6(17-16-15-2)3-4-8(7)11-10(12)14/h3-5H,1-2H3,(H,11,14). The fraction of sp³-hybridized carbons (Fsp3) is 0.200. The van der Waals surface area contributed by atoms with Gasteiger partial charge < -0.3 is 4.98 Å². The first-order valence-electron chi connectivity index (χ1n) is 4.74. The zero-order valence-electron chi connectivity index (χ0n) is 9.22. The molecule has 0 bridgehead atoms. The van der Waals surface area contributed by atoms with Crippen molar-refractivity contribution in [2.45, 2.75) is 4.90 Å². The lowest BCUT2D eigenvalue weighted by molar-refractivity contribution is -0.160. The maximum absolute atomic E-state index is 11.8. The van der Waals surface area contributed by atoms with Crippen molar-refractivity contribution in [3.8, 4) is 0 Å². The zero-order valence-corrected chi connectivity index (χ0v) is 10.0. The maximum Gasteiger partial charge on any atom is 0.328 e. The summed E-state index contributed by atoms with van der Waals surface area (Å²) in [5, 5.41) is 0.428. The topological polar surface area (TPSA) is 73.3 Å². The van der Waals surface area contributed by atoms with Crippen LogP contribution in [-0.2, 0) is 16.3 Å². The quantitative estimate of drug-likeness (QED) is 0.498. The summed E-state index contributed by atoms with van der Waals surface area (Å²) >= 11 is 0.992. The summed E-state index contributed by atoms with van der Waals surface area (Å²) < 4.78 is 5.72. The van der Waals surface area contributed by atoms with Crippen molar-refractivity contribution < 1.29 is 9.22 Å². The number of aromatic nitrogens is 2. The van der Waals surface area contributed by atoms with Crippen LogP contribution in [0.4, 0.5) is 0 Å². The molecule has 0 unspecified atom stereocenters. The molecule has 2 aromatic rings. The highest BCUT2D eigenvalue weighted by Gasteiger charge is 2.06. The van der Waals surface area contributed by atoms with Gasteiger partial charge in [-0.2, -0.15) is 4.33 Å². The molecule has 0 aliphatic heterocycles. The molecule has 17 heavy (non-hydrogen) atoms. The van der Waals surface area contributed by atoms with E-state index < -0.39 is 5.69 Å². The zero-order chi connectivity index (χ0) is 12.4. The Morgan fingerprint density at radius 3 is 2.82 bits per heavy atom. The molecule has 1 N–H and O–H groups in total. The highest BCUT2D eigenvalue weighted by Crippen LogP contribution is 2.21. The third-order valence-electron chi connectivity index (χ3n) is 2.27. The van der Waals surface area contributed by atoms with Gasteiger partial charge in [0.1, 0.15) is 0 Å². The number of hydrogen-bond acceptors (Lipinski definition) is 5. The van der Waals surface area contributed by atoms with Crippen molar-refractivity contribution in [2.75, 3.05) is 7.11 Å². The van der Waals surface area contributed by atoms with E-state index in [4.69, 9.17) is 4.33 Å². The second kappa shape index (κ2) is 4.74. The second-order valence-corrected chi connectivity index (χ2v) is 4.09. The molecule has 0 aliphatic carbocycles. The molecule has 0 fully saturated rings. The summed E-state index contributed by atoms with van der Waals surface area (Å²) in [6.07, 6.45) is 0. The van der Waals surface area contributed by atoms with Crippen LogP contribution in [-0.4, -0.2) is 16.7 Å². The predicted molar refractivity (Wildman–Crippen MR) is 63.8 cm³/mol. The number of aromatic amines is 1. The smallest absolute Gasteiger partial charge is 0.307 e. The van der Waals surface area contributed by atoms with Gasteiger partial charge in [-0.3, -0.25) is 9.36 Å². The van der Waals surface area contributed by atoms with Crippen molar-refractivity contribution in [3.05, 3.63) is 39.0 Å². The molecule has 7 heteroatoms. The van der Waals surface area contributed by atoms with Gasteiger partial charge in [-0.15, -0.1) is 0 Å². The Morgan fingerprint density at radius 1 is 1.35 bits per heavy atom. The Balaban J connectivity index is 2.61. The van der Waals surface area contributed by atoms with Crippen LogP contribution in [0.15, 0.2) is 32.7 Å². The predicted octanol–water partition coefficient (Wildman–Crippen LogP) is 0.812. The fourth-order valence-corrected chi connectivity index (χ4v) is 1.84. The Hall–Kier alpha value is -1.57. The third kappa shape index (κ3) is 2.26. The van der Waals surface area contributed by atoms with E-state index in [-0.39, 0.29) is 5.56 Å². The summed E-state index contributed by atoms with van der Waals surface area (Å²) in [7, 11) is 2.82. The molecular weight excluding hydrogens is 244 g/mol. The van der Waals surface area contributed by atoms with E-state index in [1.54, 1.807) is 18.2 Å². The van der Waals surface area contributed by atoms with Gasteiger partial charge in [0.2, 0.25) is 0 Å². The Labute approximate surface area is 100 Å². The van der Waals surface area contributed by atoms with Crippen LogP contribution in [0.5, 0.6) is 0 Å². The number of hydrogen-bond donors (Lipinski definition) is 1. The second-order valence-electron chi connectivity index (χ2n) is 3.32. The highest BCUT2D eigenvalue weighted by atomic mass is 32.2. The molecule has 0 amide bonds. The van der Waals surface area contributed by atoms with Gasteiger partial charge in [0.05, 0.1) is 30.1 Å². The fourth-order valence-electron chi connectivity index (χ4n) is 1.41. The molecule has 90 valence electrons. The van der Waals surface area contributed by atoms with E-state index in [1.165, 1.54) is 14.2 Å². The Bertz CT molecular complexity index is 661. The molecule has 1 heterocycles. The van der Waals surface area contributed by atoms with Gasteiger partial charge in [0.25, 0.3) is 5.56 Å².